The Balaban J connectivity index is 1.57. The third-order valence-electron chi connectivity index (χ3n) is 5.62. The molecule has 3 heterocycles. The van der Waals surface area contributed by atoms with E-state index in [1.165, 1.54) is 11.3 Å². The van der Waals surface area contributed by atoms with E-state index in [4.69, 9.17) is 4.74 Å². The molecule has 0 bridgehead atoms. The summed E-state index contributed by atoms with van der Waals surface area (Å²) in [6.45, 7) is 2.24. The molecule has 3 N–H and O–H groups in total. The minimum absolute atomic E-state index is 0.00912. The molecule has 0 atom stereocenters. The number of anilines is 5. The van der Waals surface area contributed by atoms with Crippen LogP contribution in [-0.2, 0) is 0 Å². The molecule has 0 unspecified atom stereocenters. The van der Waals surface area contributed by atoms with Crippen LogP contribution in [0.25, 0.3) is 0 Å². The molecule has 0 aliphatic carbocycles. The van der Waals surface area contributed by atoms with Crippen LogP contribution in [0.1, 0.15) is 15.2 Å². The summed E-state index contributed by atoms with van der Waals surface area (Å²) in [6.07, 6.45) is 1.61. The molecule has 0 saturated carbocycles. The number of ether oxygens (including phenoxy) is 1. The maximum Gasteiger partial charge on any atom is 0.387 e. The summed E-state index contributed by atoms with van der Waals surface area (Å²) >= 11 is 1.31. The molecule has 1 saturated heterocycles. The van der Waals surface area contributed by atoms with Crippen LogP contribution < -0.4 is 25.6 Å². The van der Waals surface area contributed by atoms with E-state index in [0.717, 1.165) is 37.4 Å². The average molecular weight is 504 g/mol. The van der Waals surface area contributed by atoms with E-state index in [0.29, 0.717) is 22.1 Å². The predicted octanol–water partition coefficient (Wildman–Crippen LogP) is 4.05. The number of alkyl halides is 2. The Morgan fingerprint density at radius 2 is 1.91 bits per heavy atom. The summed E-state index contributed by atoms with van der Waals surface area (Å²) < 4.78 is 31.2. The van der Waals surface area contributed by atoms with Crippen molar-refractivity contribution in [2.75, 3.05) is 55.8 Å². The number of nitrogens with one attached hydrogen (secondary N) is 3. The molecule has 186 valence electrons. The highest BCUT2D eigenvalue weighted by Gasteiger charge is 2.19. The number of hydrogen-bond donors (Lipinski definition) is 3. The second-order valence-corrected chi connectivity index (χ2v) is 8.98. The lowest BCUT2D eigenvalue weighted by Gasteiger charge is -2.34. The van der Waals surface area contributed by atoms with E-state index in [2.05, 4.69) is 42.8 Å². The number of rotatable bonds is 8. The number of piperazine rings is 1. The Hall–Kier alpha value is -3.51. The highest BCUT2D eigenvalue weighted by Crippen LogP contribution is 2.34. The topological polar surface area (TPSA) is 94.6 Å². The van der Waals surface area contributed by atoms with Gasteiger partial charge in [-0.2, -0.15) is 13.8 Å². The number of aromatic nitrogens is 2. The summed E-state index contributed by atoms with van der Waals surface area (Å²) in [5, 5.41) is 10.6. The summed E-state index contributed by atoms with van der Waals surface area (Å²) in [4.78, 5) is 25.7. The summed E-state index contributed by atoms with van der Waals surface area (Å²) in [5.74, 6) is 0.481. The summed E-state index contributed by atoms with van der Waals surface area (Å²) in [5.41, 5.74) is 2.49. The average Bonchev–Trinajstić information content (AvgIpc) is 3.30. The Kier molecular flexibility index (Phi) is 7.61. The standard InChI is InChI=1S/C23H27F2N7O2S/c1-14-13-27-23(30-20(14)28-17-6-11-35-19(17)21(33)26-2)29-16-5-4-15(12-18(16)34-22(24)25)32-9-7-31(3)8-10-32/h4-6,11-13,22H,7-10H2,1-3H3,(H,26,33)(H2,27,28,29,30). The lowest BCUT2D eigenvalue weighted by Crippen LogP contribution is -2.44. The molecule has 0 radical (unpaired) electrons. The van der Waals surface area contributed by atoms with Crippen molar-refractivity contribution in [2.24, 2.45) is 0 Å². The van der Waals surface area contributed by atoms with Gasteiger partial charge in [0.25, 0.3) is 5.91 Å². The second kappa shape index (κ2) is 10.8. The van der Waals surface area contributed by atoms with Gasteiger partial charge in [0.15, 0.2) is 5.75 Å². The minimum atomic E-state index is -2.98. The maximum atomic E-state index is 13.2. The molecule has 1 fully saturated rings. The number of amides is 1. The normalized spacial score (nSPS) is 14.2. The lowest BCUT2D eigenvalue weighted by atomic mass is 10.2. The number of nitrogens with zero attached hydrogens (tertiary/aromatic N) is 4. The minimum Gasteiger partial charge on any atom is -0.433 e. The molecule has 9 nitrogen and oxygen atoms in total. The Morgan fingerprint density at radius 1 is 1.14 bits per heavy atom. The number of hydrogen-bond acceptors (Lipinski definition) is 9. The summed E-state index contributed by atoms with van der Waals surface area (Å²) in [6, 6.07) is 6.94. The highest BCUT2D eigenvalue weighted by molar-refractivity contribution is 7.12. The van der Waals surface area contributed by atoms with Crippen LogP contribution in [0.3, 0.4) is 0 Å². The van der Waals surface area contributed by atoms with Crippen LogP contribution >= 0.6 is 11.3 Å². The zero-order chi connectivity index (χ0) is 24.9. The van der Waals surface area contributed by atoms with E-state index in [-0.39, 0.29) is 17.6 Å². The van der Waals surface area contributed by atoms with Gasteiger partial charge in [0.1, 0.15) is 10.7 Å². The number of carbonyl (C=O) groups excluding carboxylic acids is 1. The molecule has 12 heteroatoms. The van der Waals surface area contributed by atoms with Crippen molar-refractivity contribution in [3.05, 3.63) is 46.3 Å². The first-order chi connectivity index (χ1) is 16.8. The smallest absolute Gasteiger partial charge is 0.387 e. The van der Waals surface area contributed by atoms with Crippen molar-refractivity contribution in [1.29, 1.82) is 0 Å². The van der Waals surface area contributed by atoms with Crippen molar-refractivity contribution < 1.29 is 18.3 Å². The molecular formula is C23H27F2N7O2S. The van der Waals surface area contributed by atoms with E-state index in [1.807, 2.05) is 13.0 Å². The first kappa shape index (κ1) is 24.6. The number of aryl methyl sites for hydroxylation is 1. The quantitative estimate of drug-likeness (QED) is 0.424. The van der Waals surface area contributed by atoms with Gasteiger partial charge in [0.05, 0.1) is 11.4 Å². The second-order valence-electron chi connectivity index (χ2n) is 8.07. The fraction of sp³-hybridized carbons (Fsp3) is 0.348. The van der Waals surface area contributed by atoms with Gasteiger partial charge in [-0.3, -0.25) is 4.79 Å². The van der Waals surface area contributed by atoms with Gasteiger partial charge < -0.3 is 30.5 Å². The zero-order valence-corrected chi connectivity index (χ0v) is 20.5. The van der Waals surface area contributed by atoms with Gasteiger partial charge in [0.2, 0.25) is 5.95 Å². The van der Waals surface area contributed by atoms with Crippen LogP contribution in [0, 0.1) is 6.92 Å². The number of thiophene rings is 1. The Bertz CT molecular complexity index is 1180. The summed E-state index contributed by atoms with van der Waals surface area (Å²) in [7, 11) is 3.62. The number of halogens is 2. The molecule has 3 aromatic rings. The largest absolute Gasteiger partial charge is 0.433 e. The fourth-order valence-electron chi connectivity index (χ4n) is 3.64. The van der Waals surface area contributed by atoms with Crippen LogP contribution in [-0.4, -0.2) is 67.7 Å². The maximum absolute atomic E-state index is 13.2. The van der Waals surface area contributed by atoms with E-state index in [1.54, 1.807) is 36.8 Å². The SMILES string of the molecule is CNC(=O)c1sccc1Nc1nc(Nc2ccc(N3CCN(C)CC3)cc2OC(F)F)ncc1C. The van der Waals surface area contributed by atoms with Crippen molar-refractivity contribution in [3.63, 3.8) is 0 Å². The van der Waals surface area contributed by atoms with Gasteiger partial charge in [-0.1, -0.05) is 0 Å². The molecule has 4 rings (SSSR count). The molecule has 1 aliphatic rings. The molecule has 1 aliphatic heterocycles. The third kappa shape index (κ3) is 5.95. The zero-order valence-electron chi connectivity index (χ0n) is 19.6. The van der Waals surface area contributed by atoms with Crippen molar-refractivity contribution in [1.82, 2.24) is 20.2 Å². The van der Waals surface area contributed by atoms with Crippen molar-refractivity contribution in [3.8, 4) is 5.75 Å². The Labute approximate surface area is 206 Å². The van der Waals surface area contributed by atoms with Crippen LogP contribution in [0.15, 0.2) is 35.8 Å². The molecule has 1 amide bonds. The van der Waals surface area contributed by atoms with Gasteiger partial charge in [-0.15, -0.1) is 11.3 Å². The van der Waals surface area contributed by atoms with Gasteiger partial charge in [-0.05, 0) is 37.6 Å². The molecule has 2 aromatic heterocycles. The molecule has 1 aromatic carbocycles. The van der Waals surface area contributed by atoms with Crippen molar-refractivity contribution >= 4 is 46.1 Å². The molecule has 35 heavy (non-hydrogen) atoms. The van der Waals surface area contributed by atoms with Crippen LogP contribution in [0.2, 0.25) is 0 Å². The van der Waals surface area contributed by atoms with Gasteiger partial charge >= 0.3 is 6.61 Å². The third-order valence-corrected chi connectivity index (χ3v) is 6.53. The van der Waals surface area contributed by atoms with Crippen LogP contribution in [0.5, 0.6) is 5.75 Å². The first-order valence-corrected chi connectivity index (χ1v) is 11.9. The van der Waals surface area contributed by atoms with Crippen LogP contribution in [0.4, 0.5) is 37.6 Å². The predicted molar refractivity (Wildman–Crippen MR) is 134 cm³/mol. The number of likely N-dealkylation sites (N-methyl/N-ethyl adjacent to an activating group) is 1. The van der Waals surface area contributed by atoms with E-state index < -0.39 is 6.61 Å². The highest BCUT2D eigenvalue weighted by atomic mass is 32.1. The van der Waals surface area contributed by atoms with E-state index >= 15 is 0 Å². The first-order valence-electron chi connectivity index (χ1n) is 11.0. The molecule has 0 spiro atoms. The molecular weight excluding hydrogens is 476 g/mol. The van der Waals surface area contributed by atoms with Gasteiger partial charge in [-0.25, -0.2) is 4.98 Å². The number of benzene rings is 1. The van der Waals surface area contributed by atoms with Crippen molar-refractivity contribution in [2.45, 2.75) is 13.5 Å². The number of carbonyl (C=O) groups is 1. The Morgan fingerprint density at radius 3 is 2.63 bits per heavy atom. The van der Waals surface area contributed by atoms with E-state index in [9.17, 15) is 13.6 Å². The monoisotopic (exact) mass is 503 g/mol. The lowest BCUT2D eigenvalue weighted by molar-refractivity contribution is -0.0493. The fourth-order valence-corrected chi connectivity index (χ4v) is 4.44. The van der Waals surface area contributed by atoms with Gasteiger partial charge in [0, 0.05) is 56.7 Å².